The number of rotatable bonds is 5. The minimum Gasteiger partial charge on any atom is -0.478 e. The monoisotopic (exact) mass is 287 g/mol. The number of carbonyl (C=O) groups is 2. The van der Waals surface area contributed by atoms with E-state index in [0.717, 1.165) is 24.5 Å². The highest BCUT2D eigenvalue weighted by molar-refractivity contribution is 5.96. The quantitative estimate of drug-likeness (QED) is 0.818. The molecule has 1 aliphatic rings. The summed E-state index contributed by atoms with van der Waals surface area (Å²) in [6, 6.07) is 5.37. The molecule has 1 fully saturated rings. The summed E-state index contributed by atoms with van der Waals surface area (Å²) in [6.07, 6.45) is 6.12. The predicted octanol–water partition coefficient (Wildman–Crippen LogP) is 3.01. The fraction of sp³-hybridized carbons (Fsp3) is 0.412. The van der Waals surface area contributed by atoms with E-state index in [9.17, 15) is 9.59 Å². The number of carboxylic acids is 1. The summed E-state index contributed by atoms with van der Waals surface area (Å²) in [5.74, 6) is -1.09. The van der Waals surface area contributed by atoms with Crippen molar-refractivity contribution in [3.05, 3.63) is 41.0 Å². The number of aryl methyl sites for hydroxylation is 1. The second-order valence-corrected chi connectivity index (χ2v) is 6.09. The Morgan fingerprint density at radius 1 is 1.38 bits per heavy atom. The van der Waals surface area contributed by atoms with E-state index in [-0.39, 0.29) is 11.3 Å². The van der Waals surface area contributed by atoms with Gasteiger partial charge in [0.15, 0.2) is 0 Å². The summed E-state index contributed by atoms with van der Waals surface area (Å²) in [7, 11) is 0. The van der Waals surface area contributed by atoms with E-state index in [0.29, 0.717) is 17.7 Å². The van der Waals surface area contributed by atoms with Crippen LogP contribution in [0.4, 0.5) is 0 Å². The van der Waals surface area contributed by atoms with Crippen molar-refractivity contribution in [2.75, 3.05) is 6.54 Å². The molecule has 0 radical (unpaired) electrons. The first-order valence-corrected chi connectivity index (χ1v) is 7.19. The van der Waals surface area contributed by atoms with Crippen molar-refractivity contribution in [2.45, 2.75) is 33.1 Å². The Hall–Kier alpha value is -2.10. The largest absolute Gasteiger partial charge is 0.478 e. The molecule has 0 unspecified atom stereocenters. The van der Waals surface area contributed by atoms with E-state index < -0.39 is 5.97 Å². The second-order valence-electron chi connectivity index (χ2n) is 6.09. The van der Waals surface area contributed by atoms with Crippen LogP contribution in [0.1, 0.15) is 47.7 Å². The van der Waals surface area contributed by atoms with Gasteiger partial charge >= 0.3 is 5.97 Å². The van der Waals surface area contributed by atoms with Gasteiger partial charge in [0, 0.05) is 18.2 Å². The first kappa shape index (κ1) is 15.3. The molecule has 0 bridgehead atoms. The van der Waals surface area contributed by atoms with Gasteiger partial charge in [0.2, 0.25) is 0 Å². The van der Waals surface area contributed by atoms with Gasteiger partial charge < -0.3 is 10.4 Å². The van der Waals surface area contributed by atoms with Crippen molar-refractivity contribution < 1.29 is 14.7 Å². The lowest BCUT2D eigenvalue weighted by atomic mass is 9.70. The lowest BCUT2D eigenvalue weighted by Crippen LogP contribution is -2.40. The Labute approximate surface area is 124 Å². The number of benzene rings is 1. The van der Waals surface area contributed by atoms with Gasteiger partial charge in [-0.2, -0.15) is 0 Å². The predicted molar refractivity (Wildman–Crippen MR) is 82.1 cm³/mol. The molecule has 0 spiro atoms. The lowest BCUT2D eigenvalue weighted by molar-refractivity contribution is -0.131. The van der Waals surface area contributed by atoms with Crippen LogP contribution in [-0.4, -0.2) is 23.5 Å². The van der Waals surface area contributed by atoms with Crippen molar-refractivity contribution in [1.82, 2.24) is 5.32 Å². The molecule has 112 valence electrons. The van der Waals surface area contributed by atoms with Gasteiger partial charge in [-0.25, -0.2) is 4.79 Å². The van der Waals surface area contributed by atoms with Gasteiger partial charge in [-0.15, -0.1) is 0 Å². The minimum absolute atomic E-state index is 0.0915. The molecule has 0 saturated heterocycles. The number of carbonyl (C=O) groups excluding carboxylic acids is 1. The third-order valence-electron chi connectivity index (χ3n) is 4.16. The molecule has 1 aliphatic carbocycles. The first-order valence-electron chi connectivity index (χ1n) is 7.19. The van der Waals surface area contributed by atoms with Crippen LogP contribution in [0.3, 0.4) is 0 Å². The molecule has 1 amide bonds. The Bertz CT molecular complexity index is 586. The van der Waals surface area contributed by atoms with Crippen LogP contribution in [0.5, 0.6) is 0 Å². The van der Waals surface area contributed by atoms with Crippen molar-refractivity contribution >= 4 is 18.0 Å². The Balaban J connectivity index is 2.08. The molecular formula is C17H21NO3. The molecule has 0 aromatic heterocycles. The smallest absolute Gasteiger partial charge is 0.328 e. The molecule has 1 saturated carbocycles. The van der Waals surface area contributed by atoms with Gasteiger partial charge in [-0.3, -0.25) is 4.79 Å². The molecule has 4 nitrogen and oxygen atoms in total. The normalized spacial score (nSPS) is 16.5. The van der Waals surface area contributed by atoms with Gasteiger partial charge in [-0.1, -0.05) is 25.5 Å². The van der Waals surface area contributed by atoms with Crippen LogP contribution in [0, 0.1) is 12.3 Å². The summed E-state index contributed by atoms with van der Waals surface area (Å²) in [4.78, 5) is 22.8. The van der Waals surface area contributed by atoms with E-state index >= 15 is 0 Å². The van der Waals surface area contributed by atoms with Gasteiger partial charge in [0.1, 0.15) is 0 Å². The summed E-state index contributed by atoms with van der Waals surface area (Å²) in [6.45, 7) is 4.76. The lowest BCUT2D eigenvalue weighted by Gasteiger charge is -2.38. The van der Waals surface area contributed by atoms with E-state index in [4.69, 9.17) is 5.11 Å². The molecule has 1 aromatic carbocycles. The van der Waals surface area contributed by atoms with E-state index in [1.807, 2.05) is 13.0 Å². The maximum absolute atomic E-state index is 12.3. The van der Waals surface area contributed by atoms with Crippen LogP contribution in [-0.2, 0) is 4.79 Å². The molecule has 4 heteroatoms. The maximum Gasteiger partial charge on any atom is 0.328 e. The van der Waals surface area contributed by atoms with Crippen molar-refractivity contribution in [3.63, 3.8) is 0 Å². The topological polar surface area (TPSA) is 66.4 Å². The van der Waals surface area contributed by atoms with Crippen LogP contribution < -0.4 is 5.32 Å². The minimum atomic E-state index is -1.00. The third kappa shape index (κ3) is 3.94. The molecule has 0 heterocycles. The number of hydrogen-bond donors (Lipinski definition) is 2. The van der Waals surface area contributed by atoms with Crippen molar-refractivity contribution in [3.8, 4) is 0 Å². The highest BCUT2D eigenvalue weighted by Crippen LogP contribution is 2.39. The standard InChI is InChI=1S/C17H21NO3/c1-12-4-5-13(6-7-15(19)20)10-14(12)16(21)18-11-17(2)8-3-9-17/h4-7,10H,3,8-9,11H2,1-2H3,(H,18,21)(H,19,20)/b7-6+. The fourth-order valence-electron chi connectivity index (χ4n) is 2.50. The molecular weight excluding hydrogens is 266 g/mol. The highest BCUT2D eigenvalue weighted by Gasteiger charge is 2.32. The molecule has 21 heavy (non-hydrogen) atoms. The second kappa shape index (κ2) is 6.12. The van der Waals surface area contributed by atoms with Gasteiger partial charge in [0.05, 0.1) is 0 Å². The molecule has 2 rings (SSSR count). The number of carboxylic acid groups (broad SMARTS) is 1. The summed E-state index contributed by atoms with van der Waals surface area (Å²) in [5, 5.41) is 11.6. The summed E-state index contributed by atoms with van der Waals surface area (Å²) >= 11 is 0. The molecule has 2 N–H and O–H groups in total. The van der Waals surface area contributed by atoms with Gasteiger partial charge in [-0.05, 0) is 48.4 Å². The Kier molecular flexibility index (Phi) is 4.46. The third-order valence-corrected chi connectivity index (χ3v) is 4.16. The Morgan fingerprint density at radius 3 is 2.67 bits per heavy atom. The zero-order chi connectivity index (χ0) is 15.5. The van der Waals surface area contributed by atoms with Crippen molar-refractivity contribution in [1.29, 1.82) is 0 Å². The highest BCUT2D eigenvalue weighted by atomic mass is 16.4. The zero-order valence-electron chi connectivity index (χ0n) is 12.5. The summed E-state index contributed by atoms with van der Waals surface area (Å²) < 4.78 is 0. The Morgan fingerprint density at radius 2 is 2.10 bits per heavy atom. The average molecular weight is 287 g/mol. The van der Waals surface area contributed by atoms with Gasteiger partial charge in [0.25, 0.3) is 5.91 Å². The zero-order valence-corrected chi connectivity index (χ0v) is 12.5. The fourth-order valence-corrected chi connectivity index (χ4v) is 2.50. The average Bonchev–Trinajstić information content (AvgIpc) is 2.41. The molecule has 1 aromatic rings. The summed E-state index contributed by atoms with van der Waals surface area (Å²) in [5.41, 5.74) is 2.44. The first-order chi connectivity index (χ1) is 9.89. The molecule has 0 aliphatic heterocycles. The SMILES string of the molecule is Cc1ccc(/C=C/C(=O)O)cc1C(=O)NCC1(C)CCC1. The van der Waals surface area contributed by atoms with Crippen LogP contribution >= 0.6 is 0 Å². The van der Waals surface area contributed by atoms with Crippen molar-refractivity contribution in [2.24, 2.45) is 5.41 Å². The number of nitrogens with one attached hydrogen (secondary N) is 1. The number of aliphatic carboxylic acids is 1. The van der Waals surface area contributed by atoms with E-state index in [1.54, 1.807) is 12.1 Å². The van der Waals surface area contributed by atoms with Crippen LogP contribution in [0.15, 0.2) is 24.3 Å². The maximum atomic E-state index is 12.3. The molecule has 0 atom stereocenters. The number of hydrogen-bond acceptors (Lipinski definition) is 2. The van der Waals surface area contributed by atoms with Crippen LogP contribution in [0.2, 0.25) is 0 Å². The van der Waals surface area contributed by atoms with E-state index in [2.05, 4.69) is 12.2 Å². The van der Waals surface area contributed by atoms with Crippen LogP contribution in [0.25, 0.3) is 6.08 Å². The van der Waals surface area contributed by atoms with E-state index in [1.165, 1.54) is 12.5 Å². The number of amides is 1.